The standard InChI is InChI=1S/C20H25N5O/c1-2-15-8-10-16(11-9-15)20-21-23-24(22-20)14-19(26)25(18-12-13-18)17-6-4-3-5-7-17/h6,8-11,18H,2-5,7,12-14H2,1H3. The number of tetrazole rings is 1. The van der Waals surface area contributed by atoms with Gasteiger partial charge in [-0.1, -0.05) is 37.3 Å². The SMILES string of the molecule is CCc1ccc(-c2nnn(CC(=O)N(C3=CCCCC3)C3CC3)n2)cc1. The molecule has 4 rings (SSSR count). The van der Waals surface area contributed by atoms with Gasteiger partial charge < -0.3 is 4.90 Å². The van der Waals surface area contributed by atoms with E-state index in [0.717, 1.165) is 37.7 Å². The summed E-state index contributed by atoms with van der Waals surface area (Å²) >= 11 is 0. The van der Waals surface area contributed by atoms with E-state index in [9.17, 15) is 4.79 Å². The quantitative estimate of drug-likeness (QED) is 0.800. The highest BCUT2D eigenvalue weighted by Gasteiger charge is 2.35. The van der Waals surface area contributed by atoms with Gasteiger partial charge in [-0.05, 0) is 55.7 Å². The van der Waals surface area contributed by atoms with E-state index < -0.39 is 0 Å². The molecule has 2 aromatic rings. The fraction of sp³-hybridized carbons (Fsp3) is 0.500. The second-order valence-electron chi connectivity index (χ2n) is 7.13. The summed E-state index contributed by atoms with van der Waals surface area (Å²) in [6.07, 6.45) is 9.90. The van der Waals surface area contributed by atoms with Gasteiger partial charge in [0.25, 0.3) is 5.91 Å². The number of rotatable bonds is 6. The highest BCUT2D eigenvalue weighted by Crippen LogP contribution is 2.33. The largest absolute Gasteiger partial charge is 0.312 e. The number of amides is 1. The van der Waals surface area contributed by atoms with Crippen molar-refractivity contribution in [2.45, 2.75) is 64.5 Å². The highest BCUT2D eigenvalue weighted by molar-refractivity contribution is 5.78. The van der Waals surface area contributed by atoms with Crippen molar-refractivity contribution in [2.75, 3.05) is 0 Å². The molecule has 0 N–H and O–H groups in total. The van der Waals surface area contributed by atoms with Crippen molar-refractivity contribution in [3.8, 4) is 11.4 Å². The molecule has 2 aliphatic carbocycles. The molecule has 0 saturated heterocycles. The van der Waals surface area contributed by atoms with E-state index in [1.165, 1.54) is 28.9 Å². The molecule has 2 aliphatic rings. The number of hydrogen-bond acceptors (Lipinski definition) is 4. The minimum absolute atomic E-state index is 0.0749. The van der Waals surface area contributed by atoms with Crippen molar-refractivity contribution in [1.29, 1.82) is 0 Å². The van der Waals surface area contributed by atoms with Gasteiger partial charge in [0.05, 0.1) is 0 Å². The van der Waals surface area contributed by atoms with Gasteiger partial charge in [0.15, 0.2) is 0 Å². The Hall–Kier alpha value is -2.50. The van der Waals surface area contributed by atoms with E-state index in [1.54, 1.807) is 0 Å². The second kappa shape index (κ2) is 7.40. The van der Waals surface area contributed by atoms with E-state index in [2.05, 4.69) is 40.5 Å². The molecule has 1 fully saturated rings. The molecule has 1 heterocycles. The summed E-state index contributed by atoms with van der Waals surface area (Å²) in [4.78, 5) is 16.3. The topological polar surface area (TPSA) is 63.9 Å². The molecule has 6 nitrogen and oxygen atoms in total. The lowest BCUT2D eigenvalue weighted by Gasteiger charge is -2.27. The Morgan fingerprint density at radius 2 is 2.04 bits per heavy atom. The predicted octanol–water partition coefficient (Wildman–Crippen LogP) is 3.35. The molecule has 1 amide bonds. The first kappa shape index (κ1) is 16.9. The van der Waals surface area contributed by atoms with Gasteiger partial charge in [0, 0.05) is 17.3 Å². The molecule has 136 valence electrons. The molecule has 1 aromatic heterocycles. The Labute approximate surface area is 153 Å². The van der Waals surface area contributed by atoms with E-state index in [1.807, 2.05) is 17.0 Å². The van der Waals surface area contributed by atoms with Crippen molar-refractivity contribution in [1.82, 2.24) is 25.1 Å². The summed E-state index contributed by atoms with van der Waals surface area (Å²) in [6.45, 7) is 2.27. The average molecular weight is 351 g/mol. The van der Waals surface area contributed by atoms with Gasteiger partial charge in [-0.25, -0.2) is 0 Å². The molecular formula is C20H25N5O. The maximum absolute atomic E-state index is 12.9. The van der Waals surface area contributed by atoms with Crippen LogP contribution in [-0.4, -0.2) is 37.1 Å². The Kier molecular flexibility index (Phi) is 4.82. The molecule has 0 aliphatic heterocycles. The maximum Gasteiger partial charge on any atom is 0.250 e. The van der Waals surface area contributed by atoms with Crippen LogP contribution in [0.15, 0.2) is 36.0 Å². The molecule has 0 atom stereocenters. The Morgan fingerprint density at radius 1 is 1.23 bits per heavy atom. The third-order valence-electron chi connectivity index (χ3n) is 5.11. The minimum atomic E-state index is 0.0749. The monoisotopic (exact) mass is 351 g/mol. The molecular weight excluding hydrogens is 326 g/mol. The number of allylic oxidation sites excluding steroid dienone is 2. The first-order valence-corrected chi connectivity index (χ1v) is 9.63. The number of hydrogen-bond donors (Lipinski definition) is 0. The third kappa shape index (κ3) is 3.69. The average Bonchev–Trinajstić information content (AvgIpc) is 3.40. The Balaban J connectivity index is 1.47. The second-order valence-corrected chi connectivity index (χ2v) is 7.13. The van der Waals surface area contributed by atoms with Crippen molar-refractivity contribution >= 4 is 5.91 Å². The van der Waals surface area contributed by atoms with Crippen molar-refractivity contribution in [3.63, 3.8) is 0 Å². The smallest absolute Gasteiger partial charge is 0.250 e. The number of nitrogens with zero attached hydrogens (tertiary/aromatic N) is 5. The third-order valence-corrected chi connectivity index (χ3v) is 5.11. The zero-order valence-corrected chi connectivity index (χ0v) is 15.3. The normalized spacial score (nSPS) is 17.0. The van der Waals surface area contributed by atoms with Gasteiger partial charge in [-0.3, -0.25) is 4.79 Å². The molecule has 0 unspecified atom stereocenters. The number of aromatic nitrogens is 4. The van der Waals surface area contributed by atoms with E-state index in [4.69, 9.17) is 0 Å². The number of carbonyl (C=O) groups excluding carboxylic acids is 1. The van der Waals surface area contributed by atoms with Crippen LogP contribution in [0, 0.1) is 0 Å². The van der Waals surface area contributed by atoms with E-state index in [0.29, 0.717) is 11.9 Å². The lowest BCUT2D eigenvalue weighted by Crippen LogP contribution is -2.36. The summed E-state index contributed by atoms with van der Waals surface area (Å²) in [5.74, 6) is 0.640. The summed E-state index contributed by atoms with van der Waals surface area (Å²) in [6, 6.07) is 8.53. The molecule has 0 bridgehead atoms. The molecule has 0 spiro atoms. The van der Waals surface area contributed by atoms with Crippen LogP contribution in [0.3, 0.4) is 0 Å². The zero-order valence-electron chi connectivity index (χ0n) is 15.3. The van der Waals surface area contributed by atoms with Crippen molar-refractivity contribution < 1.29 is 4.79 Å². The van der Waals surface area contributed by atoms with Crippen molar-refractivity contribution in [3.05, 3.63) is 41.6 Å². The number of carbonyl (C=O) groups is 1. The van der Waals surface area contributed by atoms with E-state index >= 15 is 0 Å². The van der Waals surface area contributed by atoms with Crippen LogP contribution in [0.5, 0.6) is 0 Å². The first-order chi connectivity index (χ1) is 12.7. The molecule has 26 heavy (non-hydrogen) atoms. The molecule has 0 radical (unpaired) electrons. The Morgan fingerprint density at radius 3 is 2.69 bits per heavy atom. The number of aryl methyl sites for hydroxylation is 1. The molecule has 6 heteroatoms. The van der Waals surface area contributed by atoms with Crippen LogP contribution in [0.2, 0.25) is 0 Å². The summed E-state index contributed by atoms with van der Waals surface area (Å²) < 4.78 is 0. The summed E-state index contributed by atoms with van der Waals surface area (Å²) in [5.41, 5.74) is 3.39. The zero-order chi connectivity index (χ0) is 17.9. The lowest BCUT2D eigenvalue weighted by molar-refractivity contribution is -0.131. The van der Waals surface area contributed by atoms with Crippen LogP contribution in [0.25, 0.3) is 11.4 Å². The first-order valence-electron chi connectivity index (χ1n) is 9.63. The fourth-order valence-corrected chi connectivity index (χ4v) is 3.48. The van der Waals surface area contributed by atoms with Gasteiger partial charge in [0.2, 0.25) is 5.82 Å². The maximum atomic E-state index is 12.9. The van der Waals surface area contributed by atoms with Crippen molar-refractivity contribution in [2.24, 2.45) is 0 Å². The van der Waals surface area contributed by atoms with Crippen LogP contribution in [0.4, 0.5) is 0 Å². The summed E-state index contributed by atoms with van der Waals surface area (Å²) in [5, 5.41) is 12.6. The molecule has 1 aromatic carbocycles. The van der Waals surface area contributed by atoms with Gasteiger partial charge in [0.1, 0.15) is 6.54 Å². The van der Waals surface area contributed by atoms with Crippen LogP contribution in [0.1, 0.15) is 51.0 Å². The molecule has 1 saturated carbocycles. The minimum Gasteiger partial charge on any atom is -0.312 e. The summed E-state index contributed by atoms with van der Waals surface area (Å²) in [7, 11) is 0. The van der Waals surface area contributed by atoms with Gasteiger partial charge in [-0.15, -0.1) is 10.2 Å². The van der Waals surface area contributed by atoms with Gasteiger partial charge >= 0.3 is 0 Å². The lowest BCUT2D eigenvalue weighted by atomic mass is 10.0. The number of benzene rings is 1. The van der Waals surface area contributed by atoms with Crippen LogP contribution >= 0.6 is 0 Å². The fourth-order valence-electron chi connectivity index (χ4n) is 3.48. The predicted molar refractivity (Wildman–Crippen MR) is 99.1 cm³/mol. The highest BCUT2D eigenvalue weighted by atomic mass is 16.2. The Bertz CT molecular complexity index is 804. The van der Waals surface area contributed by atoms with Crippen LogP contribution in [-0.2, 0) is 17.8 Å². The van der Waals surface area contributed by atoms with Gasteiger partial charge in [-0.2, -0.15) is 4.80 Å². The van der Waals surface area contributed by atoms with Crippen LogP contribution < -0.4 is 0 Å². The van der Waals surface area contributed by atoms with E-state index in [-0.39, 0.29) is 12.5 Å².